The molecule has 0 saturated heterocycles. The van der Waals surface area contributed by atoms with Gasteiger partial charge in [0.2, 0.25) is 5.91 Å². The summed E-state index contributed by atoms with van der Waals surface area (Å²) in [6.45, 7) is 4.58. The Bertz CT molecular complexity index is 231. The first-order valence-corrected chi connectivity index (χ1v) is 4.82. The molecular formula is C9H19N3O3. The van der Waals surface area contributed by atoms with Crippen molar-refractivity contribution in [1.29, 1.82) is 0 Å². The fourth-order valence-corrected chi connectivity index (χ4v) is 1.00. The van der Waals surface area contributed by atoms with Crippen molar-refractivity contribution in [2.75, 3.05) is 26.8 Å². The molecule has 6 nitrogen and oxygen atoms in total. The minimum absolute atomic E-state index is 0.0654. The highest BCUT2D eigenvalue weighted by Gasteiger charge is 2.14. The SMILES string of the molecule is CCOCC(=O)N(C)CC(C)C(N)=NO. The molecule has 15 heavy (non-hydrogen) atoms. The van der Waals surface area contributed by atoms with Crippen LogP contribution < -0.4 is 5.73 Å². The van der Waals surface area contributed by atoms with Crippen molar-refractivity contribution in [2.24, 2.45) is 16.8 Å². The van der Waals surface area contributed by atoms with Crippen LogP contribution in [0.3, 0.4) is 0 Å². The van der Waals surface area contributed by atoms with E-state index >= 15 is 0 Å². The third-order valence-corrected chi connectivity index (χ3v) is 2.02. The van der Waals surface area contributed by atoms with Crippen molar-refractivity contribution in [2.45, 2.75) is 13.8 Å². The van der Waals surface area contributed by atoms with E-state index in [4.69, 9.17) is 15.7 Å². The van der Waals surface area contributed by atoms with Crippen LogP contribution in [0.1, 0.15) is 13.8 Å². The van der Waals surface area contributed by atoms with Gasteiger partial charge in [-0.05, 0) is 6.92 Å². The van der Waals surface area contributed by atoms with E-state index in [9.17, 15) is 4.79 Å². The average molecular weight is 217 g/mol. The van der Waals surface area contributed by atoms with Gasteiger partial charge >= 0.3 is 0 Å². The van der Waals surface area contributed by atoms with Gasteiger partial charge in [-0.25, -0.2) is 0 Å². The van der Waals surface area contributed by atoms with E-state index < -0.39 is 0 Å². The summed E-state index contributed by atoms with van der Waals surface area (Å²) in [6, 6.07) is 0. The lowest BCUT2D eigenvalue weighted by molar-refractivity contribution is -0.134. The zero-order valence-electron chi connectivity index (χ0n) is 9.43. The first kappa shape index (κ1) is 13.7. The number of likely N-dealkylation sites (N-methyl/N-ethyl adjacent to an activating group) is 1. The lowest BCUT2D eigenvalue weighted by Gasteiger charge is -2.20. The van der Waals surface area contributed by atoms with Gasteiger partial charge in [0.1, 0.15) is 12.4 Å². The summed E-state index contributed by atoms with van der Waals surface area (Å²) in [5.41, 5.74) is 5.40. The lowest BCUT2D eigenvalue weighted by Crippen LogP contribution is -2.38. The Hall–Kier alpha value is -1.30. The van der Waals surface area contributed by atoms with Crippen LogP contribution in [-0.4, -0.2) is 48.7 Å². The van der Waals surface area contributed by atoms with Crippen molar-refractivity contribution < 1.29 is 14.7 Å². The van der Waals surface area contributed by atoms with E-state index in [1.807, 2.05) is 6.92 Å². The maximum Gasteiger partial charge on any atom is 0.248 e. The van der Waals surface area contributed by atoms with Crippen molar-refractivity contribution in [3.63, 3.8) is 0 Å². The third kappa shape index (κ3) is 5.21. The Labute approximate surface area is 89.7 Å². The number of amides is 1. The predicted molar refractivity (Wildman–Crippen MR) is 56.7 cm³/mol. The zero-order chi connectivity index (χ0) is 11.8. The van der Waals surface area contributed by atoms with Crippen molar-refractivity contribution in [1.82, 2.24) is 4.90 Å². The van der Waals surface area contributed by atoms with Crippen molar-refractivity contribution in [3.8, 4) is 0 Å². The summed E-state index contributed by atoms with van der Waals surface area (Å²) in [4.78, 5) is 12.9. The van der Waals surface area contributed by atoms with Gasteiger partial charge in [0, 0.05) is 26.1 Å². The number of hydrogen-bond acceptors (Lipinski definition) is 4. The number of oxime groups is 1. The molecule has 0 aromatic rings. The number of rotatable bonds is 6. The third-order valence-electron chi connectivity index (χ3n) is 2.02. The summed E-state index contributed by atoms with van der Waals surface area (Å²) in [6.07, 6.45) is 0. The standard InChI is InChI=1S/C9H19N3O3/c1-4-15-6-8(13)12(3)5-7(2)9(10)11-14/h7,14H,4-6H2,1-3H3,(H2,10,11). The fourth-order valence-electron chi connectivity index (χ4n) is 1.00. The smallest absolute Gasteiger partial charge is 0.248 e. The molecule has 0 aliphatic rings. The number of hydrogen-bond donors (Lipinski definition) is 2. The number of carbonyl (C=O) groups excluding carboxylic acids is 1. The molecule has 0 aliphatic carbocycles. The van der Waals surface area contributed by atoms with Crippen LogP contribution in [0.2, 0.25) is 0 Å². The molecule has 3 N–H and O–H groups in total. The quantitative estimate of drug-likeness (QED) is 0.280. The molecule has 88 valence electrons. The molecule has 0 aromatic carbocycles. The van der Waals surface area contributed by atoms with Crippen LogP contribution in [-0.2, 0) is 9.53 Å². The van der Waals surface area contributed by atoms with Crippen LogP contribution in [0.4, 0.5) is 0 Å². The normalized spacial score (nSPS) is 13.7. The van der Waals surface area contributed by atoms with E-state index in [2.05, 4.69) is 5.16 Å². The van der Waals surface area contributed by atoms with Gasteiger partial charge in [0.15, 0.2) is 0 Å². The molecule has 0 spiro atoms. The van der Waals surface area contributed by atoms with E-state index in [0.29, 0.717) is 13.2 Å². The average Bonchev–Trinajstić information content (AvgIpc) is 2.24. The molecule has 0 heterocycles. The molecule has 1 amide bonds. The molecule has 6 heteroatoms. The van der Waals surface area contributed by atoms with Gasteiger partial charge < -0.3 is 20.6 Å². The summed E-state index contributed by atoms with van der Waals surface area (Å²) < 4.78 is 4.98. The summed E-state index contributed by atoms with van der Waals surface area (Å²) in [5.74, 6) is -0.175. The molecule has 0 bridgehead atoms. The lowest BCUT2D eigenvalue weighted by atomic mass is 10.1. The Balaban J connectivity index is 4.01. The van der Waals surface area contributed by atoms with Gasteiger partial charge in [0.05, 0.1) is 0 Å². The molecule has 0 fully saturated rings. The van der Waals surface area contributed by atoms with Crippen LogP contribution >= 0.6 is 0 Å². The number of ether oxygens (including phenoxy) is 1. The fraction of sp³-hybridized carbons (Fsp3) is 0.778. The van der Waals surface area contributed by atoms with Crippen LogP contribution in [0.5, 0.6) is 0 Å². The van der Waals surface area contributed by atoms with Crippen LogP contribution in [0.25, 0.3) is 0 Å². The molecule has 0 aromatic heterocycles. The highest BCUT2D eigenvalue weighted by molar-refractivity contribution is 5.83. The van der Waals surface area contributed by atoms with Crippen molar-refractivity contribution in [3.05, 3.63) is 0 Å². The molecule has 0 saturated carbocycles. The van der Waals surface area contributed by atoms with E-state index in [0.717, 1.165) is 0 Å². The number of nitrogens with zero attached hydrogens (tertiary/aromatic N) is 2. The highest BCUT2D eigenvalue weighted by atomic mass is 16.5. The largest absolute Gasteiger partial charge is 0.409 e. The second-order valence-corrected chi connectivity index (χ2v) is 3.34. The van der Waals surface area contributed by atoms with Gasteiger partial charge in [-0.2, -0.15) is 0 Å². The highest BCUT2D eigenvalue weighted by Crippen LogP contribution is 1.99. The van der Waals surface area contributed by atoms with Crippen LogP contribution in [0.15, 0.2) is 5.16 Å². The second-order valence-electron chi connectivity index (χ2n) is 3.34. The summed E-state index contributed by atoms with van der Waals surface area (Å²) >= 11 is 0. The Morgan fingerprint density at radius 1 is 1.67 bits per heavy atom. The minimum Gasteiger partial charge on any atom is -0.409 e. The maximum absolute atomic E-state index is 11.4. The topological polar surface area (TPSA) is 88.2 Å². The predicted octanol–water partition coefficient (Wildman–Crippen LogP) is -0.136. The molecule has 1 unspecified atom stereocenters. The van der Waals surface area contributed by atoms with Crippen LogP contribution in [0, 0.1) is 5.92 Å². The summed E-state index contributed by atoms with van der Waals surface area (Å²) in [5, 5.41) is 11.3. The first-order valence-electron chi connectivity index (χ1n) is 4.82. The Morgan fingerprint density at radius 2 is 2.27 bits per heavy atom. The van der Waals surface area contributed by atoms with E-state index in [1.165, 1.54) is 4.90 Å². The van der Waals surface area contributed by atoms with Gasteiger partial charge in [-0.3, -0.25) is 4.79 Å². The first-order chi connectivity index (χ1) is 7.02. The number of carbonyl (C=O) groups is 1. The Kier molecular flexibility index (Phi) is 6.44. The molecular weight excluding hydrogens is 198 g/mol. The second kappa shape index (κ2) is 7.05. The summed E-state index contributed by atoms with van der Waals surface area (Å²) in [7, 11) is 1.66. The number of nitrogens with two attached hydrogens (primary N) is 1. The monoisotopic (exact) mass is 217 g/mol. The van der Waals surface area contributed by atoms with Gasteiger partial charge in [0.25, 0.3) is 0 Å². The van der Waals surface area contributed by atoms with Gasteiger partial charge in [-0.15, -0.1) is 0 Å². The zero-order valence-corrected chi connectivity index (χ0v) is 9.43. The van der Waals surface area contributed by atoms with E-state index in [1.54, 1.807) is 14.0 Å². The van der Waals surface area contributed by atoms with E-state index in [-0.39, 0.29) is 24.3 Å². The maximum atomic E-state index is 11.4. The molecule has 1 atom stereocenters. The molecule has 0 aliphatic heterocycles. The molecule has 0 radical (unpaired) electrons. The number of amidine groups is 1. The Morgan fingerprint density at radius 3 is 2.73 bits per heavy atom. The molecule has 0 rings (SSSR count). The van der Waals surface area contributed by atoms with Gasteiger partial charge in [-0.1, -0.05) is 12.1 Å². The van der Waals surface area contributed by atoms with Crippen molar-refractivity contribution >= 4 is 11.7 Å². The minimum atomic E-state index is -0.175.